The molecule has 1 aliphatic carbocycles. The maximum atomic E-state index is 5.79. The van der Waals surface area contributed by atoms with Gasteiger partial charge in [-0.15, -0.1) is 11.3 Å². The van der Waals surface area contributed by atoms with Crippen molar-refractivity contribution in [1.82, 2.24) is 15.4 Å². The summed E-state index contributed by atoms with van der Waals surface area (Å²) in [6, 6.07) is 4.24. The number of fused-ring (bicyclic) bond motifs is 1. The molecule has 3 rings (SSSR count). The van der Waals surface area contributed by atoms with Crippen LogP contribution in [0.5, 0.6) is 0 Å². The lowest BCUT2D eigenvalue weighted by Crippen LogP contribution is -2.34. The first kappa shape index (κ1) is 12.7. The first-order valence-electron chi connectivity index (χ1n) is 6.61. The van der Waals surface area contributed by atoms with Crippen LogP contribution >= 0.6 is 11.3 Å². The Morgan fingerprint density at radius 2 is 2.42 bits per heavy atom. The number of hydrazine groups is 1. The van der Waals surface area contributed by atoms with Gasteiger partial charge in [0.2, 0.25) is 0 Å². The van der Waals surface area contributed by atoms with Gasteiger partial charge in [-0.2, -0.15) is 0 Å². The minimum absolute atomic E-state index is 0.0545. The molecule has 19 heavy (non-hydrogen) atoms. The minimum atomic E-state index is 0.0545. The molecule has 2 atom stereocenters. The van der Waals surface area contributed by atoms with Crippen LogP contribution in [-0.2, 0) is 6.42 Å². The first-order valence-corrected chi connectivity index (χ1v) is 7.49. The van der Waals surface area contributed by atoms with Gasteiger partial charge in [-0.3, -0.25) is 16.3 Å². The Hall–Kier alpha value is -1.30. The van der Waals surface area contributed by atoms with Crippen LogP contribution in [0.2, 0.25) is 0 Å². The molecule has 0 amide bonds. The van der Waals surface area contributed by atoms with Gasteiger partial charge in [-0.25, -0.2) is 4.98 Å². The van der Waals surface area contributed by atoms with Crippen LogP contribution in [0.1, 0.15) is 46.8 Å². The SMILES string of the molecule is Cc1nc(C(NN)C2CCCc3cccnc32)cs1. The minimum Gasteiger partial charge on any atom is -0.271 e. The van der Waals surface area contributed by atoms with Crippen LogP contribution in [0.25, 0.3) is 0 Å². The number of thiazole rings is 1. The molecule has 5 heteroatoms. The lowest BCUT2D eigenvalue weighted by atomic mass is 9.81. The molecule has 0 saturated heterocycles. The van der Waals surface area contributed by atoms with Crippen molar-refractivity contribution in [1.29, 1.82) is 0 Å². The molecule has 0 spiro atoms. The highest BCUT2D eigenvalue weighted by molar-refractivity contribution is 7.09. The van der Waals surface area contributed by atoms with Crippen molar-refractivity contribution in [3.05, 3.63) is 45.7 Å². The van der Waals surface area contributed by atoms with Gasteiger partial charge in [0, 0.05) is 23.2 Å². The molecule has 2 aromatic heterocycles. The summed E-state index contributed by atoms with van der Waals surface area (Å²) in [5.74, 6) is 6.11. The van der Waals surface area contributed by atoms with E-state index in [1.807, 2.05) is 19.2 Å². The number of aromatic nitrogens is 2. The van der Waals surface area contributed by atoms with Gasteiger partial charge in [-0.1, -0.05) is 6.07 Å². The molecule has 3 N–H and O–H groups in total. The fourth-order valence-electron chi connectivity index (χ4n) is 2.90. The molecule has 4 nitrogen and oxygen atoms in total. The van der Waals surface area contributed by atoms with E-state index in [0.717, 1.165) is 23.5 Å². The summed E-state index contributed by atoms with van der Waals surface area (Å²) in [4.78, 5) is 9.16. The van der Waals surface area contributed by atoms with Crippen molar-refractivity contribution >= 4 is 11.3 Å². The Kier molecular flexibility index (Phi) is 3.59. The summed E-state index contributed by atoms with van der Waals surface area (Å²) in [7, 11) is 0. The Morgan fingerprint density at radius 3 is 3.16 bits per heavy atom. The van der Waals surface area contributed by atoms with Crippen molar-refractivity contribution in [2.24, 2.45) is 5.84 Å². The third-order valence-corrected chi connectivity index (χ3v) is 4.57. The van der Waals surface area contributed by atoms with Gasteiger partial charge in [0.1, 0.15) is 0 Å². The quantitative estimate of drug-likeness (QED) is 0.666. The molecule has 100 valence electrons. The van der Waals surface area contributed by atoms with E-state index < -0.39 is 0 Å². The zero-order valence-electron chi connectivity index (χ0n) is 11.0. The number of aryl methyl sites for hydroxylation is 2. The lowest BCUT2D eigenvalue weighted by Gasteiger charge is -2.30. The summed E-state index contributed by atoms with van der Waals surface area (Å²) < 4.78 is 0. The summed E-state index contributed by atoms with van der Waals surface area (Å²) in [6.07, 6.45) is 5.28. The summed E-state index contributed by atoms with van der Waals surface area (Å²) in [5.41, 5.74) is 6.52. The molecule has 2 aromatic rings. The highest BCUT2D eigenvalue weighted by atomic mass is 32.1. The van der Waals surface area contributed by atoms with Crippen molar-refractivity contribution in [2.45, 2.75) is 38.1 Å². The summed E-state index contributed by atoms with van der Waals surface area (Å²) >= 11 is 1.67. The van der Waals surface area contributed by atoms with Gasteiger partial charge in [0.15, 0.2) is 0 Å². The Labute approximate surface area is 117 Å². The van der Waals surface area contributed by atoms with Crippen molar-refractivity contribution in [3.63, 3.8) is 0 Å². The monoisotopic (exact) mass is 274 g/mol. The van der Waals surface area contributed by atoms with Crippen molar-refractivity contribution in [3.8, 4) is 0 Å². The molecule has 0 aliphatic heterocycles. The van der Waals surface area contributed by atoms with Gasteiger partial charge < -0.3 is 0 Å². The van der Waals surface area contributed by atoms with Gasteiger partial charge in [0.25, 0.3) is 0 Å². The van der Waals surface area contributed by atoms with Crippen molar-refractivity contribution in [2.75, 3.05) is 0 Å². The maximum Gasteiger partial charge on any atom is 0.0898 e. The predicted octanol–water partition coefficient (Wildman–Crippen LogP) is 2.47. The number of hydrogen-bond donors (Lipinski definition) is 2. The number of pyridine rings is 1. The molecule has 2 unspecified atom stereocenters. The zero-order chi connectivity index (χ0) is 13.2. The summed E-state index contributed by atoms with van der Waals surface area (Å²) in [6.45, 7) is 2.02. The fraction of sp³-hybridized carbons (Fsp3) is 0.429. The fourth-order valence-corrected chi connectivity index (χ4v) is 3.55. The number of nitrogens with one attached hydrogen (secondary N) is 1. The zero-order valence-corrected chi connectivity index (χ0v) is 11.8. The smallest absolute Gasteiger partial charge is 0.0898 e. The number of nitrogens with zero attached hydrogens (tertiary/aromatic N) is 2. The second kappa shape index (κ2) is 5.36. The highest BCUT2D eigenvalue weighted by Crippen LogP contribution is 2.38. The number of hydrogen-bond acceptors (Lipinski definition) is 5. The Bertz CT molecular complexity index is 566. The van der Waals surface area contributed by atoms with Gasteiger partial charge in [0.05, 0.1) is 16.7 Å². The largest absolute Gasteiger partial charge is 0.271 e. The Morgan fingerprint density at radius 1 is 1.53 bits per heavy atom. The molecule has 0 fully saturated rings. The second-order valence-electron chi connectivity index (χ2n) is 4.98. The average molecular weight is 274 g/mol. The summed E-state index contributed by atoms with van der Waals surface area (Å²) in [5, 5.41) is 3.17. The van der Waals surface area contributed by atoms with E-state index in [4.69, 9.17) is 5.84 Å². The van der Waals surface area contributed by atoms with E-state index in [2.05, 4.69) is 26.8 Å². The van der Waals surface area contributed by atoms with Gasteiger partial charge >= 0.3 is 0 Å². The van der Waals surface area contributed by atoms with Gasteiger partial charge in [-0.05, 0) is 37.8 Å². The molecular formula is C14H18N4S. The number of nitrogens with two attached hydrogens (primary N) is 1. The maximum absolute atomic E-state index is 5.79. The van der Waals surface area contributed by atoms with Crippen LogP contribution in [-0.4, -0.2) is 9.97 Å². The molecular weight excluding hydrogens is 256 g/mol. The predicted molar refractivity (Wildman–Crippen MR) is 76.8 cm³/mol. The van der Waals surface area contributed by atoms with E-state index in [1.165, 1.54) is 17.7 Å². The molecule has 2 heterocycles. The van der Waals surface area contributed by atoms with Crippen LogP contribution in [0.4, 0.5) is 0 Å². The standard InChI is InChI=1S/C14H18N4S/c1-9-17-12(8-19-9)14(18-15)11-6-2-4-10-5-3-7-16-13(10)11/h3,5,7-8,11,14,18H,2,4,6,15H2,1H3. The van der Waals surface area contributed by atoms with Crippen LogP contribution in [0.3, 0.4) is 0 Å². The van der Waals surface area contributed by atoms with E-state index in [0.29, 0.717) is 5.92 Å². The average Bonchev–Trinajstić information content (AvgIpc) is 2.86. The molecule has 1 aliphatic rings. The topological polar surface area (TPSA) is 63.8 Å². The third kappa shape index (κ3) is 2.41. The van der Waals surface area contributed by atoms with E-state index in [-0.39, 0.29) is 6.04 Å². The third-order valence-electron chi connectivity index (χ3n) is 3.78. The van der Waals surface area contributed by atoms with Crippen LogP contribution < -0.4 is 11.3 Å². The second-order valence-corrected chi connectivity index (χ2v) is 6.04. The van der Waals surface area contributed by atoms with E-state index in [9.17, 15) is 0 Å². The van der Waals surface area contributed by atoms with E-state index in [1.54, 1.807) is 11.3 Å². The molecule has 0 radical (unpaired) electrons. The van der Waals surface area contributed by atoms with Crippen LogP contribution in [0, 0.1) is 6.92 Å². The normalized spacial score (nSPS) is 20.0. The Balaban J connectivity index is 1.97. The van der Waals surface area contributed by atoms with Crippen molar-refractivity contribution < 1.29 is 0 Å². The number of rotatable bonds is 3. The first-order chi connectivity index (χ1) is 9.29. The van der Waals surface area contributed by atoms with E-state index >= 15 is 0 Å². The van der Waals surface area contributed by atoms with Crippen LogP contribution in [0.15, 0.2) is 23.7 Å². The molecule has 0 saturated carbocycles. The lowest BCUT2D eigenvalue weighted by molar-refractivity contribution is 0.394. The molecule has 0 bridgehead atoms. The molecule has 0 aromatic carbocycles. The highest BCUT2D eigenvalue weighted by Gasteiger charge is 2.30.